The highest BCUT2D eigenvalue weighted by Gasteiger charge is 2.25. The van der Waals surface area contributed by atoms with Crippen LogP contribution in [0, 0.1) is 12.7 Å². The minimum atomic E-state index is -3.17. The number of hydrogen-bond acceptors (Lipinski definition) is 7. The average molecular weight is 448 g/mol. The van der Waals surface area contributed by atoms with Crippen LogP contribution in [-0.2, 0) is 10.0 Å². The van der Waals surface area contributed by atoms with E-state index in [0.717, 1.165) is 5.82 Å². The van der Waals surface area contributed by atoms with Crippen LogP contribution in [0.5, 0.6) is 0 Å². The Hall–Kier alpha value is -2.66. The van der Waals surface area contributed by atoms with E-state index in [0.29, 0.717) is 54.3 Å². The van der Waals surface area contributed by atoms with Crippen LogP contribution >= 0.6 is 0 Å². The SMILES string of the molecule is Cc1nc2c(F)cc(-c3ncnc(NC4CCN(S(C)(=O)=O)CC4)n3)cc2n1C(C)C. The zero-order valence-corrected chi connectivity index (χ0v) is 18.8. The van der Waals surface area contributed by atoms with Crippen molar-refractivity contribution >= 4 is 27.0 Å². The molecule has 1 N–H and O–H groups in total. The summed E-state index contributed by atoms with van der Waals surface area (Å²) in [5, 5.41) is 3.25. The molecule has 0 amide bonds. The van der Waals surface area contributed by atoms with Gasteiger partial charge >= 0.3 is 0 Å². The van der Waals surface area contributed by atoms with Crippen LogP contribution < -0.4 is 5.32 Å². The molecule has 3 heterocycles. The molecular weight excluding hydrogens is 421 g/mol. The van der Waals surface area contributed by atoms with Crippen LogP contribution in [0.3, 0.4) is 0 Å². The summed E-state index contributed by atoms with van der Waals surface area (Å²) in [6.07, 6.45) is 3.92. The second-order valence-corrected chi connectivity index (χ2v) is 10.1. The summed E-state index contributed by atoms with van der Waals surface area (Å²) in [5.74, 6) is 1.08. The Kier molecular flexibility index (Phi) is 5.65. The first-order valence-electron chi connectivity index (χ1n) is 10.2. The molecule has 1 aromatic carbocycles. The summed E-state index contributed by atoms with van der Waals surface area (Å²) >= 11 is 0. The number of benzene rings is 1. The van der Waals surface area contributed by atoms with Crippen molar-refractivity contribution in [2.75, 3.05) is 24.7 Å². The van der Waals surface area contributed by atoms with Gasteiger partial charge in [-0.1, -0.05) is 0 Å². The predicted molar refractivity (Wildman–Crippen MR) is 117 cm³/mol. The maximum atomic E-state index is 14.8. The van der Waals surface area contributed by atoms with Crippen molar-refractivity contribution in [1.29, 1.82) is 0 Å². The van der Waals surface area contributed by atoms with Crippen LogP contribution in [0.2, 0.25) is 0 Å². The lowest BCUT2D eigenvalue weighted by molar-refractivity contribution is 0.331. The van der Waals surface area contributed by atoms with Crippen LogP contribution in [0.4, 0.5) is 10.3 Å². The van der Waals surface area contributed by atoms with Crippen molar-refractivity contribution in [2.45, 2.75) is 45.7 Å². The van der Waals surface area contributed by atoms with Gasteiger partial charge in [-0.25, -0.2) is 32.1 Å². The minimum Gasteiger partial charge on any atom is -0.351 e. The fourth-order valence-electron chi connectivity index (χ4n) is 4.07. The molecule has 31 heavy (non-hydrogen) atoms. The van der Waals surface area contributed by atoms with Crippen LogP contribution in [-0.4, -0.2) is 62.6 Å². The van der Waals surface area contributed by atoms with E-state index in [2.05, 4.69) is 25.3 Å². The first-order valence-corrected chi connectivity index (χ1v) is 12.1. The molecule has 0 unspecified atom stereocenters. The fourth-order valence-corrected chi connectivity index (χ4v) is 4.94. The third-order valence-corrected chi connectivity index (χ3v) is 6.83. The lowest BCUT2D eigenvalue weighted by Gasteiger charge is -2.30. The Labute approximate surface area is 180 Å². The van der Waals surface area contributed by atoms with Crippen LogP contribution in [0.15, 0.2) is 18.5 Å². The molecule has 0 atom stereocenters. The Bertz CT molecular complexity index is 1220. The van der Waals surface area contributed by atoms with Gasteiger partial charge in [0.2, 0.25) is 16.0 Å². The maximum absolute atomic E-state index is 14.8. The molecule has 2 aromatic heterocycles. The number of halogens is 1. The molecule has 1 aliphatic heterocycles. The molecule has 0 spiro atoms. The van der Waals surface area contributed by atoms with E-state index in [1.807, 2.05) is 31.4 Å². The van der Waals surface area contributed by atoms with Gasteiger partial charge in [-0.05, 0) is 45.7 Å². The zero-order valence-electron chi connectivity index (χ0n) is 18.0. The van der Waals surface area contributed by atoms with Crippen molar-refractivity contribution in [2.24, 2.45) is 0 Å². The monoisotopic (exact) mass is 447 g/mol. The Balaban J connectivity index is 1.59. The molecule has 0 radical (unpaired) electrons. The van der Waals surface area contributed by atoms with Crippen molar-refractivity contribution in [1.82, 2.24) is 28.8 Å². The molecule has 1 fully saturated rings. The van der Waals surface area contributed by atoms with Gasteiger partial charge in [-0.2, -0.15) is 4.98 Å². The summed E-state index contributed by atoms with van der Waals surface area (Å²) in [4.78, 5) is 17.3. The molecule has 4 rings (SSSR count). The quantitative estimate of drug-likeness (QED) is 0.641. The van der Waals surface area contributed by atoms with Crippen molar-refractivity contribution in [3.05, 3.63) is 30.1 Å². The lowest BCUT2D eigenvalue weighted by Crippen LogP contribution is -2.42. The number of aromatic nitrogens is 5. The Morgan fingerprint density at radius 1 is 1.16 bits per heavy atom. The van der Waals surface area contributed by atoms with Gasteiger partial charge in [0, 0.05) is 30.7 Å². The fraction of sp³-hybridized carbons (Fsp3) is 0.500. The smallest absolute Gasteiger partial charge is 0.226 e. The normalized spacial score (nSPS) is 16.3. The van der Waals surface area contributed by atoms with Crippen molar-refractivity contribution < 1.29 is 12.8 Å². The van der Waals surface area contributed by atoms with E-state index >= 15 is 0 Å². The lowest BCUT2D eigenvalue weighted by atomic mass is 10.1. The third kappa shape index (κ3) is 4.38. The summed E-state index contributed by atoms with van der Waals surface area (Å²) in [5.41, 5.74) is 1.58. The van der Waals surface area contributed by atoms with Gasteiger partial charge < -0.3 is 9.88 Å². The second-order valence-electron chi connectivity index (χ2n) is 8.16. The summed E-state index contributed by atoms with van der Waals surface area (Å²) in [7, 11) is -3.17. The van der Waals surface area contributed by atoms with E-state index < -0.39 is 15.8 Å². The molecule has 1 saturated heterocycles. The van der Waals surface area contributed by atoms with Gasteiger partial charge in [-0.3, -0.25) is 0 Å². The Morgan fingerprint density at radius 2 is 1.87 bits per heavy atom. The number of aryl methyl sites for hydroxylation is 1. The van der Waals surface area contributed by atoms with E-state index in [-0.39, 0.29) is 12.1 Å². The number of sulfonamides is 1. The number of imidazole rings is 1. The Morgan fingerprint density at radius 3 is 2.52 bits per heavy atom. The number of fused-ring (bicyclic) bond motifs is 1. The minimum absolute atomic E-state index is 0.0532. The van der Waals surface area contributed by atoms with Gasteiger partial charge in [0.05, 0.1) is 11.8 Å². The average Bonchev–Trinajstić information content (AvgIpc) is 3.04. The van der Waals surface area contributed by atoms with E-state index in [9.17, 15) is 12.8 Å². The van der Waals surface area contributed by atoms with Crippen molar-refractivity contribution in [3.8, 4) is 11.4 Å². The van der Waals surface area contributed by atoms with Gasteiger partial charge in [-0.15, -0.1) is 0 Å². The summed E-state index contributed by atoms with van der Waals surface area (Å²) < 4.78 is 41.6. The van der Waals surface area contributed by atoms with Gasteiger partial charge in [0.15, 0.2) is 11.6 Å². The van der Waals surface area contributed by atoms with Gasteiger partial charge in [0.25, 0.3) is 0 Å². The first-order chi connectivity index (χ1) is 14.6. The van der Waals surface area contributed by atoms with Crippen LogP contribution in [0.25, 0.3) is 22.4 Å². The highest BCUT2D eigenvalue weighted by Crippen LogP contribution is 2.28. The molecule has 9 nitrogen and oxygen atoms in total. The number of nitrogens with zero attached hydrogens (tertiary/aromatic N) is 6. The number of piperidine rings is 1. The molecule has 0 bridgehead atoms. The largest absolute Gasteiger partial charge is 0.351 e. The second kappa shape index (κ2) is 8.12. The van der Waals surface area contributed by atoms with E-state index in [1.165, 1.54) is 23.0 Å². The molecule has 0 saturated carbocycles. The topological polar surface area (TPSA) is 106 Å². The maximum Gasteiger partial charge on any atom is 0.226 e. The highest BCUT2D eigenvalue weighted by atomic mass is 32.2. The summed E-state index contributed by atoms with van der Waals surface area (Å²) in [6, 6.07) is 3.43. The molecule has 0 aliphatic carbocycles. The highest BCUT2D eigenvalue weighted by molar-refractivity contribution is 7.88. The number of rotatable bonds is 5. The molecule has 166 valence electrons. The third-order valence-electron chi connectivity index (χ3n) is 5.53. The number of anilines is 1. The first kappa shape index (κ1) is 21.6. The molecule has 11 heteroatoms. The van der Waals surface area contributed by atoms with Crippen LogP contribution in [0.1, 0.15) is 38.6 Å². The molecule has 3 aromatic rings. The van der Waals surface area contributed by atoms with Gasteiger partial charge in [0.1, 0.15) is 17.7 Å². The zero-order chi connectivity index (χ0) is 22.3. The van der Waals surface area contributed by atoms with Crippen molar-refractivity contribution in [3.63, 3.8) is 0 Å². The summed E-state index contributed by atoms with van der Waals surface area (Å²) in [6.45, 7) is 6.82. The predicted octanol–water partition coefficient (Wildman–Crippen LogP) is 2.75. The number of nitrogens with one attached hydrogen (secondary N) is 1. The standard InChI is InChI=1S/C20H26FN7O2S/c1-12(2)28-13(3)24-18-16(21)9-14(10-17(18)28)19-22-11-23-20(26-19)25-15-5-7-27(8-6-15)31(4,29)30/h9-12,15H,5-8H2,1-4H3,(H,22,23,25,26). The van der Waals surface area contributed by atoms with E-state index in [4.69, 9.17) is 0 Å². The number of hydrogen-bond donors (Lipinski definition) is 1. The molecular formula is C20H26FN7O2S. The molecule has 1 aliphatic rings. The van der Waals surface area contributed by atoms with E-state index in [1.54, 1.807) is 0 Å².